The molecule has 0 atom stereocenters. The Morgan fingerprint density at radius 1 is 1.43 bits per heavy atom. The van der Waals surface area contributed by atoms with Gasteiger partial charge in [-0.05, 0) is 32.0 Å². The molecule has 0 bridgehead atoms. The molecule has 0 aliphatic rings. The molecule has 0 aliphatic carbocycles. The molecule has 0 aliphatic heterocycles. The van der Waals surface area contributed by atoms with Gasteiger partial charge >= 0.3 is 0 Å². The van der Waals surface area contributed by atoms with Gasteiger partial charge in [0.15, 0.2) is 0 Å². The van der Waals surface area contributed by atoms with Crippen LogP contribution in [0.2, 0.25) is 0 Å². The summed E-state index contributed by atoms with van der Waals surface area (Å²) in [7, 11) is 0. The molecule has 0 unspecified atom stereocenters. The molecule has 112 valence electrons. The number of aryl methyl sites for hydroxylation is 1. The molecule has 0 radical (unpaired) electrons. The van der Waals surface area contributed by atoms with Crippen molar-refractivity contribution in [3.8, 4) is 0 Å². The second-order valence-corrected chi connectivity index (χ2v) is 4.62. The molecule has 1 amide bonds. The molecule has 0 spiro atoms. The highest BCUT2D eigenvalue weighted by molar-refractivity contribution is 5.94. The Morgan fingerprint density at radius 3 is 2.76 bits per heavy atom. The van der Waals surface area contributed by atoms with Crippen LogP contribution >= 0.6 is 0 Å². The van der Waals surface area contributed by atoms with Crippen LogP contribution in [-0.2, 0) is 6.54 Å². The fourth-order valence-corrected chi connectivity index (χ4v) is 2.19. The third-order valence-corrected chi connectivity index (χ3v) is 3.27. The van der Waals surface area contributed by atoms with E-state index in [0.29, 0.717) is 35.9 Å². The van der Waals surface area contributed by atoms with E-state index in [2.05, 4.69) is 5.43 Å². The van der Waals surface area contributed by atoms with E-state index in [-0.39, 0.29) is 5.82 Å². The predicted octanol–water partition coefficient (Wildman–Crippen LogP) is 2.36. The number of hydrogen-bond acceptors (Lipinski definition) is 4. The molecule has 1 aromatic heterocycles. The van der Waals surface area contributed by atoms with Gasteiger partial charge in [-0.25, -0.2) is 10.2 Å². The Hall–Kier alpha value is -2.34. The molecule has 0 fully saturated rings. The molecule has 21 heavy (non-hydrogen) atoms. The van der Waals surface area contributed by atoms with Crippen molar-refractivity contribution in [2.75, 3.05) is 11.4 Å². The van der Waals surface area contributed by atoms with Gasteiger partial charge < -0.3 is 9.32 Å². The van der Waals surface area contributed by atoms with Crippen LogP contribution in [0, 0.1) is 12.7 Å². The summed E-state index contributed by atoms with van der Waals surface area (Å²) in [6, 6.07) is 8.18. The van der Waals surface area contributed by atoms with Gasteiger partial charge in [-0.15, -0.1) is 0 Å². The van der Waals surface area contributed by atoms with Crippen LogP contribution < -0.4 is 16.2 Å². The average molecular weight is 291 g/mol. The molecule has 1 aromatic carbocycles. The highest BCUT2D eigenvalue weighted by Gasteiger charge is 2.17. The second kappa shape index (κ2) is 6.41. The molecular formula is C15H18FN3O2. The highest BCUT2D eigenvalue weighted by Crippen LogP contribution is 2.22. The predicted molar refractivity (Wildman–Crippen MR) is 78.2 cm³/mol. The molecule has 1 heterocycles. The fraction of sp³-hybridized carbons (Fsp3) is 0.267. The summed E-state index contributed by atoms with van der Waals surface area (Å²) in [5.74, 6) is 5.49. The number of furan rings is 1. The van der Waals surface area contributed by atoms with Crippen molar-refractivity contribution < 1.29 is 13.6 Å². The minimum absolute atomic E-state index is 0.289. The summed E-state index contributed by atoms with van der Waals surface area (Å²) in [5, 5.41) is 0. The summed E-state index contributed by atoms with van der Waals surface area (Å²) < 4.78 is 19.4. The van der Waals surface area contributed by atoms with Gasteiger partial charge in [-0.1, -0.05) is 12.1 Å². The molecular weight excluding hydrogens is 273 g/mol. The van der Waals surface area contributed by atoms with Crippen molar-refractivity contribution in [3.05, 3.63) is 53.2 Å². The van der Waals surface area contributed by atoms with Crippen LogP contribution in [0.3, 0.4) is 0 Å². The number of halogens is 1. The number of nitrogens with zero attached hydrogens (tertiary/aromatic N) is 1. The number of rotatable bonds is 5. The van der Waals surface area contributed by atoms with Gasteiger partial charge in [0, 0.05) is 6.54 Å². The first kappa shape index (κ1) is 15.1. The number of para-hydroxylation sites is 1. The fourth-order valence-electron chi connectivity index (χ4n) is 2.19. The number of nitrogen functional groups attached to an aromatic ring is 1. The lowest BCUT2D eigenvalue weighted by atomic mass is 10.2. The SMILES string of the molecule is CCN(Cc1cc(C(=O)NN)c(C)o1)c1ccccc1F. The zero-order chi connectivity index (χ0) is 15.4. The van der Waals surface area contributed by atoms with E-state index in [1.165, 1.54) is 6.07 Å². The van der Waals surface area contributed by atoms with Crippen molar-refractivity contribution in [2.45, 2.75) is 20.4 Å². The third-order valence-electron chi connectivity index (χ3n) is 3.27. The van der Waals surface area contributed by atoms with E-state index in [1.54, 1.807) is 31.2 Å². The van der Waals surface area contributed by atoms with Crippen LogP contribution in [0.15, 0.2) is 34.7 Å². The number of hydrazine groups is 1. The van der Waals surface area contributed by atoms with Gasteiger partial charge in [0.05, 0.1) is 17.8 Å². The van der Waals surface area contributed by atoms with Crippen LogP contribution in [0.1, 0.15) is 28.8 Å². The minimum Gasteiger partial charge on any atom is -0.464 e. The van der Waals surface area contributed by atoms with Gasteiger partial charge in [-0.2, -0.15) is 0 Å². The summed E-state index contributed by atoms with van der Waals surface area (Å²) in [4.78, 5) is 13.4. The molecule has 3 N–H and O–H groups in total. The number of amides is 1. The topological polar surface area (TPSA) is 71.5 Å². The summed E-state index contributed by atoms with van der Waals surface area (Å²) in [6.45, 7) is 4.60. The maximum atomic E-state index is 13.8. The lowest BCUT2D eigenvalue weighted by molar-refractivity contribution is 0.0952. The van der Waals surface area contributed by atoms with E-state index in [9.17, 15) is 9.18 Å². The minimum atomic E-state index is -0.406. The Balaban J connectivity index is 2.24. The van der Waals surface area contributed by atoms with Crippen LogP contribution in [0.5, 0.6) is 0 Å². The normalized spacial score (nSPS) is 10.5. The van der Waals surface area contributed by atoms with Crippen molar-refractivity contribution in [1.29, 1.82) is 0 Å². The van der Waals surface area contributed by atoms with Gasteiger partial charge in [0.1, 0.15) is 17.3 Å². The van der Waals surface area contributed by atoms with E-state index in [0.717, 1.165) is 0 Å². The average Bonchev–Trinajstić information content (AvgIpc) is 2.85. The first-order chi connectivity index (χ1) is 10.1. The number of carbonyl (C=O) groups excluding carboxylic acids is 1. The Bertz CT molecular complexity index is 640. The molecule has 2 aromatic rings. The Morgan fingerprint density at radius 2 is 2.14 bits per heavy atom. The lowest BCUT2D eigenvalue weighted by Crippen LogP contribution is -2.30. The molecule has 0 saturated carbocycles. The van der Waals surface area contributed by atoms with E-state index >= 15 is 0 Å². The molecule has 0 saturated heterocycles. The maximum absolute atomic E-state index is 13.8. The quantitative estimate of drug-likeness (QED) is 0.504. The standard InChI is InChI=1S/C15H18FN3O2/c1-3-19(14-7-5-4-6-13(14)16)9-11-8-12(10(2)21-11)15(20)18-17/h4-8H,3,9,17H2,1-2H3,(H,18,20). The number of hydrogen-bond donors (Lipinski definition) is 2. The zero-order valence-corrected chi connectivity index (χ0v) is 12.0. The Kier molecular flexibility index (Phi) is 4.59. The summed E-state index contributed by atoms with van der Waals surface area (Å²) in [5.41, 5.74) is 2.96. The van der Waals surface area contributed by atoms with Crippen LogP contribution in [-0.4, -0.2) is 12.5 Å². The van der Waals surface area contributed by atoms with E-state index in [1.807, 2.05) is 11.8 Å². The van der Waals surface area contributed by atoms with Crippen molar-refractivity contribution in [1.82, 2.24) is 5.43 Å². The first-order valence-corrected chi connectivity index (χ1v) is 6.66. The third kappa shape index (κ3) is 3.22. The zero-order valence-electron chi connectivity index (χ0n) is 12.0. The first-order valence-electron chi connectivity index (χ1n) is 6.66. The molecule has 2 rings (SSSR count). The highest BCUT2D eigenvalue weighted by atomic mass is 19.1. The summed E-state index contributed by atoms with van der Waals surface area (Å²) in [6.07, 6.45) is 0. The number of nitrogens with two attached hydrogens (primary N) is 1. The number of carbonyl (C=O) groups is 1. The smallest absolute Gasteiger partial charge is 0.268 e. The summed E-state index contributed by atoms with van der Waals surface area (Å²) >= 11 is 0. The lowest BCUT2D eigenvalue weighted by Gasteiger charge is -2.22. The number of benzene rings is 1. The van der Waals surface area contributed by atoms with Crippen molar-refractivity contribution >= 4 is 11.6 Å². The molecule has 6 heteroatoms. The van der Waals surface area contributed by atoms with Gasteiger partial charge in [0.2, 0.25) is 0 Å². The second-order valence-electron chi connectivity index (χ2n) is 4.62. The Labute approximate surface area is 122 Å². The largest absolute Gasteiger partial charge is 0.464 e. The van der Waals surface area contributed by atoms with E-state index in [4.69, 9.17) is 10.3 Å². The monoisotopic (exact) mass is 291 g/mol. The number of anilines is 1. The van der Waals surface area contributed by atoms with Crippen molar-refractivity contribution in [3.63, 3.8) is 0 Å². The number of nitrogens with one attached hydrogen (secondary N) is 1. The molecule has 5 nitrogen and oxygen atoms in total. The van der Waals surface area contributed by atoms with E-state index < -0.39 is 5.91 Å². The van der Waals surface area contributed by atoms with Crippen LogP contribution in [0.25, 0.3) is 0 Å². The van der Waals surface area contributed by atoms with Crippen LogP contribution in [0.4, 0.5) is 10.1 Å². The van der Waals surface area contributed by atoms with Gasteiger partial charge in [-0.3, -0.25) is 10.2 Å². The maximum Gasteiger partial charge on any atom is 0.268 e. The van der Waals surface area contributed by atoms with Crippen molar-refractivity contribution in [2.24, 2.45) is 5.84 Å². The van der Waals surface area contributed by atoms with Gasteiger partial charge in [0.25, 0.3) is 5.91 Å².